The minimum atomic E-state index is -0.873. The molecular formula is C23H32F2N4O3. The van der Waals surface area contributed by atoms with Crippen LogP contribution in [0.1, 0.15) is 44.0 Å². The van der Waals surface area contributed by atoms with Crippen LogP contribution >= 0.6 is 0 Å². The maximum atomic E-state index is 13.9. The lowest BCUT2D eigenvalue weighted by Crippen LogP contribution is -2.54. The van der Waals surface area contributed by atoms with Crippen molar-refractivity contribution in [3.8, 4) is 0 Å². The Morgan fingerprint density at radius 2 is 1.59 bits per heavy atom. The first-order valence-electron chi connectivity index (χ1n) is 11.1. The smallest absolute Gasteiger partial charge is 0.256 e. The second kappa shape index (κ2) is 9.94. The van der Waals surface area contributed by atoms with Gasteiger partial charge in [0.15, 0.2) is 0 Å². The largest absolute Gasteiger partial charge is 0.350 e. The van der Waals surface area contributed by atoms with Crippen molar-refractivity contribution in [2.24, 2.45) is 5.92 Å². The average Bonchev–Trinajstić information content (AvgIpc) is 2.72. The third-order valence-electron chi connectivity index (χ3n) is 5.86. The highest BCUT2D eigenvalue weighted by molar-refractivity contribution is 5.94. The summed E-state index contributed by atoms with van der Waals surface area (Å²) in [6, 6.07) is 2.93. The van der Waals surface area contributed by atoms with Gasteiger partial charge in [-0.25, -0.2) is 8.78 Å². The number of amides is 3. The van der Waals surface area contributed by atoms with Gasteiger partial charge in [-0.15, -0.1) is 0 Å². The SMILES string of the molecule is CC(C)(C)NC(=O)CN1CCN(C(=O)C2CCN(C(=O)c3ccc(F)cc3F)CC2)CC1. The molecule has 0 radical (unpaired) electrons. The maximum Gasteiger partial charge on any atom is 0.256 e. The summed E-state index contributed by atoms with van der Waals surface area (Å²) in [5.41, 5.74) is -0.420. The third kappa shape index (κ3) is 6.25. The molecule has 9 heteroatoms. The van der Waals surface area contributed by atoms with Crippen molar-refractivity contribution in [2.45, 2.75) is 39.2 Å². The zero-order valence-electron chi connectivity index (χ0n) is 19.0. The highest BCUT2D eigenvalue weighted by atomic mass is 19.1. The molecule has 3 amide bonds. The topological polar surface area (TPSA) is 73.0 Å². The molecule has 0 bridgehead atoms. The quantitative estimate of drug-likeness (QED) is 0.760. The van der Waals surface area contributed by atoms with Gasteiger partial charge in [0.1, 0.15) is 11.6 Å². The number of carbonyl (C=O) groups is 3. The van der Waals surface area contributed by atoms with Crippen LogP contribution < -0.4 is 5.32 Å². The molecular weight excluding hydrogens is 418 g/mol. The molecule has 2 aliphatic rings. The summed E-state index contributed by atoms with van der Waals surface area (Å²) >= 11 is 0. The molecule has 32 heavy (non-hydrogen) atoms. The molecule has 1 aromatic carbocycles. The fourth-order valence-electron chi connectivity index (χ4n) is 4.21. The molecule has 0 spiro atoms. The lowest BCUT2D eigenvalue weighted by atomic mass is 9.94. The van der Waals surface area contributed by atoms with Gasteiger partial charge in [0.25, 0.3) is 5.91 Å². The molecule has 7 nitrogen and oxygen atoms in total. The summed E-state index contributed by atoms with van der Waals surface area (Å²) in [6.07, 6.45) is 1.03. The van der Waals surface area contributed by atoms with Crippen LogP contribution in [-0.4, -0.2) is 83.8 Å². The van der Waals surface area contributed by atoms with Crippen LogP contribution in [0.4, 0.5) is 8.78 Å². The Morgan fingerprint density at radius 1 is 0.969 bits per heavy atom. The third-order valence-corrected chi connectivity index (χ3v) is 5.86. The monoisotopic (exact) mass is 450 g/mol. The summed E-state index contributed by atoms with van der Waals surface area (Å²) < 4.78 is 27.0. The Bertz CT molecular complexity index is 855. The van der Waals surface area contributed by atoms with Gasteiger partial charge >= 0.3 is 0 Å². The molecule has 1 aromatic rings. The number of carbonyl (C=O) groups excluding carboxylic acids is 3. The summed E-state index contributed by atoms with van der Waals surface area (Å²) in [7, 11) is 0. The second-order valence-corrected chi connectivity index (χ2v) is 9.59. The van der Waals surface area contributed by atoms with Gasteiger partial charge in [-0.2, -0.15) is 0 Å². The zero-order chi connectivity index (χ0) is 23.5. The molecule has 2 aliphatic heterocycles. The number of nitrogens with one attached hydrogen (secondary N) is 1. The normalized spacial score (nSPS) is 18.5. The summed E-state index contributed by atoms with van der Waals surface area (Å²) in [4.78, 5) is 43.0. The molecule has 2 saturated heterocycles. The minimum absolute atomic E-state index is 0.0214. The van der Waals surface area contributed by atoms with E-state index in [0.29, 0.717) is 64.7 Å². The van der Waals surface area contributed by atoms with Gasteiger partial charge in [-0.3, -0.25) is 19.3 Å². The van der Waals surface area contributed by atoms with Crippen molar-refractivity contribution in [3.63, 3.8) is 0 Å². The fourth-order valence-corrected chi connectivity index (χ4v) is 4.21. The van der Waals surface area contributed by atoms with E-state index in [0.717, 1.165) is 12.1 Å². The number of piperidine rings is 1. The number of halogens is 2. The van der Waals surface area contributed by atoms with E-state index in [1.807, 2.05) is 30.6 Å². The van der Waals surface area contributed by atoms with Gasteiger partial charge in [-0.1, -0.05) is 0 Å². The fraction of sp³-hybridized carbons (Fsp3) is 0.609. The second-order valence-electron chi connectivity index (χ2n) is 9.59. The summed E-state index contributed by atoms with van der Waals surface area (Å²) in [5.74, 6) is -2.19. The number of benzene rings is 1. The summed E-state index contributed by atoms with van der Waals surface area (Å²) in [5, 5.41) is 2.95. The van der Waals surface area contributed by atoms with E-state index in [9.17, 15) is 23.2 Å². The number of nitrogens with zero attached hydrogens (tertiary/aromatic N) is 3. The zero-order valence-corrected chi connectivity index (χ0v) is 19.0. The van der Waals surface area contributed by atoms with Crippen LogP contribution in [-0.2, 0) is 9.59 Å². The van der Waals surface area contributed by atoms with E-state index in [1.54, 1.807) is 0 Å². The Labute approximate surface area is 187 Å². The number of piperazine rings is 1. The van der Waals surface area contributed by atoms with E-state index in [4.69, 9.17) is 0 Å². The van der Waals surface area contributed by atoms with Gasteiger partial charge in [-0.05, 0) is 45.7 Å². The highest BCUT2D eigenvalue weighted by Crippen LogP contribution is 2.23. The van der Waals surface area contributed by atoms with E-state index < -0.39 is 17.5 Å². The maximum absolute atomic E-state index is 13.9. The van der Waals surface area contributed by atoms with Gasteiger partial charge in [0, 0.05) is 56.8 Å². The van der Waals surface area contributed by atoms with Gasteiger partial charge in [0.05, 0.1) is 12.1 Å². The van der Waals surface area contributed by atoms with Crippen LogP contribution in [0.5, 0.6) is 0 Å². The first-order chi connectivity index (χ1) is 15.0. The average molecular weight is 451 g/mol. The molecule has 2 fully saturated rings. The Kier molecular flexibility index (Phi) is 7.48. The van der Waals surface area contributed by atoms with Crippen molar-refractivity contribution in [1.82, 2.24) is 20.0 Å². The van der Waals surface area contributed by atoms with Gasteiger partial charge < -0.3 is 15.1 Å². The van der Waals surface area contributed by atoms with Crippen LogP contribution in [0.15, 0.2) is 18.2 Å². The lowest BCUT2D eigenvalue weighted by molar-refractivity contribution is -0.138. The Balaban J connectivity index is 1.45. The van der Waals surface area contributed by atoms with Crippen molar-refractivity contribution >= 4 is 17.7 Å². The molecule has 1 N–H and O–H groups in total. The van der Waals surface area contributed by atoms with Crippen molar-refractivity contribution in [1.29, 1.82) is 0 Å². The molecule has 0 atom stereocenters. The molecule has 0 aromatic heterocycles. The van der Waals surface area contributed by atoms with Crippen LogP contribution in [0, 0.1) is 17.6 Å². The molecule has 3 rings (SSSR count). The van der Waals surface area contributed by atoms with Crippen molar-refractivity contribution in [2.75, 3.05) is 45.8 Å². The summed E-state index contributed by atoms with van der Waals surface area (Å²) in [6.45, 7) is 9.29. The van der Waals surface area contributed by atoms with E-state index in [1.165, 1.54) is 4.90 Å². The predicted molar refractivity (Wildman–Crippen MR) is 116 cm³/mol. The predicted octanol–water partition coefficient (Wildman–Crippen LogP) is 1.88. The first kappa shape index (κ1) is 24.1. The Morgan fingerprint density at radius 3 is 2.16 bits per heavy atom. The molecule has 0 saturated carbocycles. The number of likely N-dealkylation sites (tertiary alicyclic amines) is 1. The standard InChI is InChI=1S/C23H32F2N4O3/c1-23(2,3)26-20(30)15-27-10-12-29(13-11-27)21(31)16-6-8-28(9-7-16)22(32)18-5-4-17(24)14-19(18)25/h4-5,14,16H,6-13,15H2,1-3H3,(H,26,30). The van der Waals surface area contributed by atoms with Crippen LogP contribution in [0.2, 0.25) is 0 Å². The minimum Gasteiger partial charge on any atom is -0.350 e. The van der Waals surface area contributed by atoms with Crippen molar-refractivity contribution < 1.29 is 23.2 Å². The number of rotatable bonds is 4. The van der Waals surface area contributed by atoms with Crippen LogP contribution in [0.25, 0.3) is 0 Å². The van der Waals surface area contributed by atoms with E-state index >= 15 is 0 Å². The number of hydrogen-bond acceptors (Lipinski definition) is 4. The molecule has 2 heterocycles. The highest BCUT2D eigenvalue weighted by Gasteiger charge is 2.33. The Hall–Kier alpha value is -2.55. The molecule has 176 valence electrons. The van der Waals surface area contributed by atoms with Gasteiger partial charge in [0.2, 0.25) is 11.8 Å². The molecule has 0 unspecified atom stereocenters. The molecule has 0 aliphatic carbocycles. The van der Waals surface area contributed by atoms with E-state index in [-0.39, 0.29) is 28.8 Å². The number of hydrogen-bond donors (Lipinski definition) is 1. The van der Waals surface area contributed by atoms with Crippen molar-refractivity contribution in [3.05, 3.63) is 35.4 Å². The van der Waals surface area contributed by atoms with E-state index in [2.05, 4.69) is 5.32 Å². The lowest BCUT2D eigenvalue weighted by Gasteiger charge is -2.38. The first-order valence-corrected chi connectivity index (χ1v) is 11.1. The van der Waals surface area contributed by atoms with Crippen LogP contribution in [0.3, 0.4) is 0 Å².